The zero-order valence-electron chi connectivity index (χ0n) is 15.6. The normalized spacial score (nSPS) is 10.8. The highest BCUT2D eigenvalue weighted by Gasteiger charge is 2.15. The number of carbonyl (C=O) groups is 1. The minimum absolute atomic E-state index is 0.126. The predicted molar refractivity (Wildman–Crippen MR) is 112 cm³/mol. The molecule has 29 heavy (non-hydrogen) atoms. The number of ether oxygens (including phenoxy) is 2. The predicted octanol–water partition coefficient (Wildman–Crippen LogP) is 4.37. The lowest BCUT2D eigenvalue weighted by Crippen LogP contribution is -2.14. The van der Waals surface area contributed by atoms with Gasteiger partial charge in [-0.2, -0.15) is 0 Å². The van der Waals surface area contributed by atoms with Crippen molar-refractivity contribution in [2.75, 3.05) is 7.11 Å². The van der Waals surface area contributed by atoms with Gasteiger partial charge in [0, 0.05) is 10.7 Å². The Labute approximate surface area is 172 Å². The highest BCUT2D eigenvalue weighted by atomic mass is 35.5. The summed E-state index contributed by atoms with van der Waals surface area (Å²) in [4.78, 5) is 16.4. The van der Waals surface area contributed by atoms with Crippen LogP contribution in [-0.2, 0) is 6.61 Å². The summed E-state index contributed by atoms with van der Waals surface area (Å²) in [5, 5.41) is 0.452. The van der Waals surface area contributed by atoms with Gasteiger partial charge in [-0.3, -0.25) is 9.36 Å². The number of nitrogens with zero attached hydrogens (tertiary/aromatic N) is 2. The number of hydrogen-bond donors (Lipinski definition) is 1. The SMILES string of the molecule is COc1ccc(-n2c(COc3cc(Cl)ccc3C(N)=O)nc3ccccc32)cc1. The largest absolute Gasteiger partial charge is 0.497 e. The molecule has 6 nitrogen and oxygen atoms in total. The Morgan fingerprint density at radius 2 is 1.86 bits per heavy atom. The van der Waals surface area contributed by atoms with E-state index in [1.54, 1.807) is 25.3 Å². The second kappa shape index (κ2) is 7.85. The Hall–Kier alpha value is -3.51. The molecule has 3 aromatic carbocycles. The maximum absolute atomic E-state index is 11.7. The van der Waals surface area contributed by atoms with Gasteiger partial charge in [-0.05, 0) is 54.6 Å². The number of rotatable bonds is 6. The average molecular weight is 408 g/mol. The lowest BCUT2D eigenvalue weighted by atomic mass is 10.2. The Kier molecular flexibility index (Phi) is 5.10. The third-order valence-electron chi connectivity index (χ3n) is 4.53. The number of primary amides is 1. The van der Waals surface area contributed by atoms with Crippen LogP contribution in [0, 0.1) is 0 Å². The van der Waals surface area contributed by atoms with Crippen LogP contribution in [-0.4, -0.2) is 22.6 Å². The van der Waals surface area contributed by atoms with E-state index in [-0.39, 0.29) is 12.2 Å². The highest BCUT2D eigenvalue weighted by molar-refractivity contribution is 6.30. The van der Waals surface area contributed by atoms with E-state index in [0.29, 0.717) is 16.6 Å². The number of halogens is 1. The Bertz CT molecular complexity index is 1190. The van der Waals surface area contributed by atoms with Gasteiger partial charge in [0.05, 0.1) is 23.7 Å². The highest BCUT2D eigenvalue weighted by Crippen LogP contribution is 2.27. The number of aromatic nitrogens is 2. The first-order valence-corrected chi connectivity index (χ1v) is 9.27. The molecule has 1 aromatic heterocycles. The molecule has 0 bridgehead atoms. The van der Waals surface area contributed by atoms with Crippen molar-refractivity contribution < 1.29 is 14.3 Å². The van der Waals surface area contributed by atoms with Crippen LogP contribution in [0.4, 0.5) is 0 Å². The summed E-state index contributed by atoms with van der Waals surface area (Å²) < 4.78 is 13.2. The summed E-state index contributed by atoms with van der Waals surface area (Å²) in [6.07, 6.45) is 0. The van der Waals surface area contributed by atoms with Crippen LogP contribution >= 0.6 is 11.6 Å². The van der Waals surface area contributed by atoms with Crippen molar-refractivity contribution in [1.29, 1.82) is 0 Å². The molecule has 0 fully saturated rings. The maximum Gasteiger partial charge on any atom is 0.252 e. The Balaban J connectivity index is 1.75. The van der Waals surface area contributed by atoms with Crippen LogP contribution in [0.25, 0.3) is 16.7 Å². The third-order valence-corrected chi connectivity index (χ3v) is 4.76. The number of fused-ring (bicyclic) bond motifs is 1. The van der Waals surface area contributed by atoms with Crippen molar-refractivity contribution in [3.8, 4) is 17.2 Å². The maximum atomic E-state index is 11.7. The van der Waals surface area contributed by atoms with Crippen LogP contribution in [0.15, 0.2) is 66.7 Å². The number of benzene rings is 3. The van der Waals surface area contributed by atoms with Crippen LogP contribution in [0.3, 0.4) is 0 Å². The fourth-order valence-corrected chi connectivity index (χ4v) is 3.32. The van der Waals surface area contributed by atoms with Gasteiger partial charge in [0.15, 0.2) is 5.82 Å². The van der Waals surface area contributed by atoms with Crippen molar-refractivity contribution >= 4 is 28.5 Å². The van der Waals surface area contributed by atoms with E-state index < -0.39 is 5.91 Å². The molecule has 4 rings (SSSR count). The van der Waals surface area contributed by atoms with Gasteiger partial charge in [0.1, 0.15) is 18.1 Å². The number of para-hydroxylation sites is 2. The van der Waals surface area contributed by atoms with Crippen molar-refractivity contribution in [2.24, 2.45) is 5.73 Å². The van der Waals surface area contributed by atoms with Crippen molar-refractivity contribution in [3.63, 3.8) is 0 Å². The molecule has 4 aromatic rings. The summed E-state index contributed by atoms with van der Waals surface area (Å²) >= 11 is 6.06. The van der Waals surface area contributed by atoms with Crippen LogP contribution in [0.2, 0.25) is 5.02 Å². The number of nitrogens with two attached hydrogens (primary N) is 1. The van der Waals surface area contributed by atoms with Crippen LogP contribution in [0.5, 0.6) is 11.5 Å². The molecule has 0 aliphatic rings. The Morgan fingerprint density at radius 1 is 1.10 bits per heavy atom. The van der Waals surface area contributed by atoms with E-state index in [1.807, 2.05) is 53.1 Å². The molecular weight excluding hydrogens is 390 g/mol. The van der Waals surface area contributed by atoms with Crippen LogP contribution < -0.4 is 15.2 Å². The summed E-state index contributed by atoms with van der Waals surface area (Å²) in [5.74, 6) is 1.17. The fraction of sp³-hybridized carbons (Fsp3) is 0.0909. The van der Waals surface area contributed by atoms with Gasteiger partial charge < -0.3 is 15.2 Å². The van der Waals surface area contributed by atoms with Gasteiger partial charge in [-0.1, -0.05) is 23.7 Å². The number of hydrogen-bond acceptors (Lipinski definition) is 4. The molecule has 146 valence electrons. The smallest absolute Gasteiger partial charge is 0.252 e. The molecule has 0 unspecified atom stereocenters. The topological polar surface area (TPSA) is 79.4 Å². The number of methoxy groups -OCH3 is 1. The standard InChI is InChI=1S/C22H18ClN3O3/c1-28-16-9-7-15(8-10-16)26-19-5-3-2-4-18(19)25-21(26)13-29-20-12-14(23)6-11-17(20)22(24)27/h2-12H,13H2,1H3,(H2,24,27). The zero-order chi connectivity index (χ0) is 20.4. The monoisotopic (exact) mass is 407 g/mol. The molecule has 1 amide bonds. The minimum Gasteiger partial charge on any atom is -0.497 e. The van der Waals surface area contributed by atoms with E-state index in [0.717, 1.165) is 22.5 Å². The molecule has 0 aliphatic carbocycles. The second-order valence-electron chi connectivity index (χ2n) is 6.34. The average Bonchev–Trinajstić information content (AvgIpc) is 3.10. The van der Waals surface area contributed by atoms with E-state index in [1.165, 1.54) is 0 Å². The van der Waals surface area contributed by atoms with Gasteiger partial charge in [0.2, 0.25) is 0 Å². The van der Waals surface area contributed by atoms with Gasteiger partial charge >= 0.3 is 0 Å². The van der Waals surface area contributed by atoms with Gasteiger partial charge in [0.25, 0.3) is 5.91 Å². The molecule has 1 heterocycles. The number of imidazole rings is 1. The quantitative estimate of drug-likeness (QED) is 0.514. The molecular formula is C22H18ClN3O3. The number of amides is 1. The number of carbonyl (C=O) groups excluding carboxylic acids is 1. The van der Waals surface area contributed by atoms with Crippen LogP contribution in [0.1, 0.15) is 16.2 Å². The lowest BCUT2D eigenvalue weighted by Gasteiger charge is -2.13. The van der Waals surface area contributed by atoms with Crippen molar-refractivity contribution in [2.45, 2.75) is 6.61 Å². The summed E-state index contributed by atoms with van der Waals surface area (Å²) in [5.41, 5.74) is 8.41. The zero-order valence-corrected chi connectivity index (χ0v) is 16.4. The first-order chi connectivity index (χ1) is 14.1. The van der Waals surface area contributed by atoms with Gasteiger partial charge in [-0.25, -0.2) is 4.98 Å². The molecule has 2 N–H and O–H groups in total. The first-order valence-electron chi connectivity index (χ1n) is 8.90. The summed E-state index contributed by atoms with van der Waals surface area (Å²) in [7, 11) is 1.63. The minimum atomic E-state index is -0.583. The van der Waals surface area contributed by atoms with Gasteiger partial charge in [-0.15, -0.1) is 0 Å². The molecule has 0 radical (unpaired) electrons. The van der Waals surface area contributed by atoms with E-state index in [2.05, 4.69) is 0 Å². The first kappa shape index (κ1) is 18.8. The third kappa shape index (κ3) is 3.75. The summed E-state index contributed by atoms with van der Waals surface area (Å²) in [6, 6.07) is 20.2. The van der Waals surface area contributed by atoms with E-state index in [4.69, 9.17) is 31.8 Å². The molecule has 0 aliphatic heterocycles. The van der Waals surface area contributed by atoms with E-state index >= 15 is 0 Å². The van der Waals surface area contributed by atoms with Crippen molar-refractivity contribution in [3.05, 3.63) is 83.1 Å². The molecule has 0 spiro atoms. The Morgan fingerprint density at radius 3 is 2.59 bits per heavy atom. The molecule has 0 saturated heterocycles. The molecule has 7 heteroatoms. The van der Waals surface area contributed by atoms with E-state index in [9.17, 15) is 4.79 Å². The molecule has 0 atom stereocenters. The summed E-state index contributed by atoms with van der Waals surface area (Å²) in [6.45, 7) is 0.126. The second-order valence-corrected chi connectivity index (χ2v) is 6.78. The fourth-order valence-electron chi connectivity index (χ4n) is 3.15. The molecule has 0 saturated carbocycles. The lowest BCUT2D eigenvalue weighted by molar-refractivity contribution is 0.0995. The van der Waals surface area contributed by atoms with Crippen molar-refractivity contribution in [1.82, 2.24) is 9.55 Å².